The first kappa shape index (κ1) is 33.2. The summed E-state index contributed by atoms with van der Waals surface area (Å²) >= 11 is 0. The number of phenolic OH excluding ortho intramolecular Hbond substituents is 2. The number of ether oxygens (including phenoxy) is 2. The van der Waals surface area contributed by atoms with Crippen molar-refractivity contribution in [2.75, 3.05) is 13.2 Å². The van der Waals surface area contributed by atoms with E-state index in [1.165, 1.54) is 24.3 Å². The van der Waals surface area contributed by atoms with Crippen LogP contribution >= 0.6 is 0 Å². The van der Waals surface area contributed by atoms with Crippen molar-refractivity contribution >= 4 is 0 Å². The van der Waals surface area contributed by atoms with Crippen LogP contribution in [0.5, 0.6) is 23.0 Å². The Kier molecular flexibility index (Phi) is 9.58. The predicted molar refractivity (Wildman–Crippen MR) is 183 cm³/mol. The minimum absolute atomic E-state index is 0.128. The van der Waals surface area contributed by atoms with E-state index in [0.29, 0.717) is 51.3 Å². The molecule has 0 heterocycles. The molecule has 248 valence electrons. The van der Waals surface area contributed by atoms with Crippen molar-refractivity contribution in [2.24, 2.45) is 0 Å². The largest absolute Gasteiger partial charge is 0.507 e. The highest BCUT2D eigenvalue weighted by Crippen LogP contribution is 2.44. The third kappa shape index (κ3) is 7.38. The summed E-state index contributed by atoms with van der Waals surface area (Å²) in [6.45, 7) is 4.19. The number of phenols is 2. The summed E-state index contributed by atoms with van der Waals surface area (Å²) in [4.78, 5) is 0. The summed E-state index contributed by atoms with van der Waals surface area (Å²) in [6, 6.07) is 27.5. The first-order chi connectivity index (χ1) is 23.6. The Morgan fingerprint density at radius 1 is 0.449 bits per heavy atom. The van der Waals surface area contributed by atoms with Crippen molar-refractivity contribution in [2.45, 2.75) is 20.3 Å². The molecule has 4 nitrogen and oxygen atoms in total. The molecule has 0 aliphatic heterocycles. The fourth-order valence-electron chi connectivity index (χ4n) is 5.88. The first-order valence-electron chi connectivity index (χ1n) is 15.6. The van der Waals surface area contributed by atoms with E-state index in [0.717, 1.165) is 23.3 Å². The molecule has 0 amide bonds. The lowest BCUT2D eigenvalue weighted by atomic mass is 9.94. The molecule has 6 rings (SSSR count). The Bertz CT molecular complexity index is 1970. The van der Waals surface area contributed by atoms with Crippen LogP contribution in [0.15, 0.2) is 109 Å². The molecule has 0 saturated carbocycles. The molecular weight excluding hydrogens is 632 g/mol. The van der Waals surface area contributed by atoms with Crippen molar-refractivity contribution in [3.8, 4) is 67.5 Å². The van der Waals surface area contributed by atoms with Gasteiger partial charge in [0.05, 0.1) is 13.2 Å². The molecule has 2 N–H and O–H groups in total. The summed E-state index contributed by atoms with van der Waals surface area (Å²) in [5, 5.41) is 22.5. The highest BCUT2D eigenvalue weighted by Gasteiger charge is 2.19. The lowest BCUT2D eigenvalue weighted by Crippen LogP contribution is -2.06. The molecular formula is C41H32F4O4. The van der Waals surface area contributed by atoms with Crippen molar-refractivity contribution in [1.29, 1.82) is 0 Å². The lowest BCUT2D eigenvalue weighted by Gasteiger charge is -2.17. The van der Waals surface area contributed by atoms with Gasteiger partial charge in [-0.1, -0.05) is 36.4 Å². The van der Waals surface area contributed by atoms with Gasteiger partial charge in [0.2, 0.25) is 0 Å². The Balaban J connectivity index is 1.18. The minimum Gasteiger partial charge on any atom is -0.507 e. The summed E-state index contributed by atoms with van der Waals surface area (Å²) in [6.07, 6.45) is 0.476. The second-order valence-corrected chi connectivity index (χ2v) is 11.8. The van der Waals surface area contributed by atoms with Gasteiger partial charge in [-0.05, 0) is 96.8 Å². The highest BCUT2D eigenvalue weighted by molar-refractivity contribution is 5.86. The van der Waals surface area contributed by atoms with E-state index in [-0.39, 0.29) is 35.8 Å². The third-order valence-corrected chi connectivity index (χ3v) is 8.01. The van der Waals surface area contributed by atoms with Crippen LogP contribution in [-0.2, 0) is 0 Å². The Morgan fingerprint density at radius 2 is 0.796 bits per heavy atom. The zero-order valence-corrected chi connectivity index (χ0v) is 26.7. The van der Waals surface area contributed by atoms with Gasteiger partial charge in [0.25, 0.3) is 0 Å². The third-order valence-electron chi connectivity index (χ3n) is 8.01. The van der Waals surface area contributed by atoms with Gasteiger partial charge in [-0.25, -0.2) is 17.6 Å². The van der Waals surface area contributed by atoms with Crippen LogP contribution < -0.4 is 9.47 Å². The number of hydrogen-bond acceptors (Lipinski definition) is 4. The van der Waals surface area contributed by atoms with E-state index in [1.54, 1.807) is 48.5 Å². The fraction of sp³-hybridized carbons (Fsp3) is 0.122. The monoisotopic (exact) mass is 664 g/mol. The van der Waals surface area contributed by atoms with Crippen LogP contribution in [0.2, 0.25) is 0 Å². The molecule has 0 saturated heterocycles. The molecule has 8 heteroatoms. The number of benzene rings is 6. The van der Waals surface area contributed by atoms with Crippen molar-refractivity contribution in [1.82, 2.24) is 0 Å². The van der Waals surface area contributed by atoms with Crippen LogP contribution in [0.3, 0.4) is 0 Å². The Morgan fingerprint density at radius 3 is 1.18 bits per heavy atom. The van der Waals surface area contributed by atoms with E-state index in [2.05, 4.69) is 0 Å². The maximum atomic E-state index is 14.0. The normalized spacial score (nSPS) is 11.1. The standard InChI is InChI=1S/C41H32F4O4/c1-24-14-34(26-18-28(42)22-29(43)19-26)40(46)36(16-24)32-8-3-5-10-38(32)48-12-7-13-49-39-11-6-4-9-33(39)37-17-25(2)15-35(41(37)47)27-20-30(44)23-31(45)21-27/h3-6,8-11,14-23,46-47H,7,12-13H2,1-2H3. The zero-order valence-electron chi connectivity index (χ0n) is 26.7. The van der Waals surface area contributed by atoms with Gasteiger partial charge in [-0.3, -0.25) is 0 Å². The summed E-state index contributed by atoms with van der Waals surface area (Å²) < 4.78 is 68.3. The number of aromatic hydroxyl groups is 2. The lowest BCUT2D eigenvalue weighted by molar-refractivity contribution is 0.248. The quantitative estimate of drug-likeness (QED) is 0.113. The first-order valence-corrected chi connectivity index (χ1v) is 15.6. The Hall–Kier alpha value is -5.76. The molecule has 0 bridgehead atoms. The number of rotatable bonds is 10. The topological polar surface area (TPSA) is 58.9 Å². The molecule has 0 aliphatic rings. The second-order valence-electron chi connectivity index (χ2n) is 11.8. The molecule has 6 aromatic rings. The van der Waals surface area contributed by atoms with E-state index >= 15 is 0 Å². The molecule has 6 aromatic carbocycles. The second kappa shape index (κ2) is 14.2. The smallest absolute Gasteiger partial charge is 0.131 e. The van der Waals surface area contributed by atoms with Crippen LogP contribution in [0.4, 0.5) is 17.6 Å². The van der Waals surface area contributed by atoms with Crippen LogP contribution in [0, 0.1) is 37.1 Å². The van der Waals surface area contributed by atoms with Gasteiger partial charge < -0.3 is 19.7 Å². The SMILES string of the molecule is Cc1cc(-c2cc(F)cc(F)c2)c(O)c(-c2ccccc2OCCCOc2ccccc2-c2cc(C)cc(-c3cc(F)cc(F)c3)c2O)c1. The molecule has 0 spiro atoms. The zero-order chi connectivity index (χ0) is 34.7. The van der Waals surface area contributed by atoms with Crippen LogP contribution in [-0.4, -0.2) is 23.4 Å². The van der Waals surface area contributed by atoms with Gasteiger partial charge in [0.1, 0.15) is 46.3 Å². The number of para-hydroxylation sites is 2. The predicted octanol–water partition coefficient (Wildman–Crippen LogP) is 10.8. The van der Waals surface area contributed by atoms with Gasteiger partial charge >= 0.3 is 0 Å². The van der Waals surface area contributed by atoms with E-state index in [1.807, 2.05) is 38.1 Å². The van der Waals surface area contributed by atoms with Crippen LogP contribution in [0.1, 0.15) is 17.5 Å². The van der Waals surface area contributed by atoms with Crippen molar-refractivity contribution < 1.29 is 37.2 Å². The fourth-order valence-corrected chi connectivity index (χ4v) is 5.88. The number of aryl methyl sites for hydroxylation is 2. The van der Waals surface area contributed by atoms with Crippen molar-refractivity contribution in [3.63, 3.8) is 0 Å². The molecule has 0 unspecified atom stereocenters. The highest BCUT2D eigenvalue weighted by atomic mass is 19.1. The molecule has 0 atom stereocenters. The number of halogens is 4. The summed E-state index contributed by atoms with van der Waals surface area (Å²) in [5.74, 6) is -2.22. The van der Waals surface area contributed by atoms with Gasteiger partial charge in [0.15, 0.2) is 0 Å². The van der Waals surface area contributed by atoms with Gasteiger partial charge in [0, 0.05) is 51.9 Å². The van der Waals surface area contributed by atoms with Gasteiger partial charge in [-0.15, -0.1) is 0 Å². The van der Waals surface area contributed by atoms with E-state index < -0.39 is 23.3 Å². The maximum absolute atomic E-state index is 14.0. The molecule has 0 aliphatic carbocycles. The maximum Gasteiger partial charge on any atom is 0.131 e. The summed E-state index contributed by atoms with van der Waals surface area (Å²) in [7, 11) is 0. The van der Waals surface area contributed by atoms with Gasteiger partial charge in [-0.2, -0.15) is 0 Å². The van der Waals surface area contributed by atoms with Crippen LogP contribution in [0.25, 0.3) is 44.5 Å². The Labute approximate surface area is 281 Å². The molecule has 0 radical (unpaired) electrons. The molecule has 0 aromatic heterocycles. The average Bonchev–Trinajstić information content (AvgIpc) is 3.06. The summed E-state index contributed by atoms with van der Waals surface area (Å²) in [5.41, 5.74) is 4.72. The van der Waals surface area contributed by atoms with Crippen molar-refractivity contribution in [3.05, 3.63) is 144 Å². The average molecular weight is 665 g/mol. The molecule has 0 fully saturated rings. The minimum atomic E-state index is -0.744. The number of hydrogen-bond donors (Lipinski definition) is 2. The van der Waals surface area contributed by atoms with E-state index in [4.69, 9.17) is 9.47 Å². The van der Waals surface area contributed by atoms with E-state index in [9.17, 15) is 27.8 Å². The molecule has 49 heavy (non-hydrogen) atoms.